The third-order valence-electron chi connectivity index (χ3n) is 6.34. The molecular weight excluding hydrogens is 308 g/mol. The Balaban J connectivity index is 1.91. The zero-order chi connectivity index (χ0) is 18.4. The topological polar surface area (TPSA) is 26.3 Å². The molecular formula is C23H34O2. The predicted octanol–water partition coefficient (Wildman–Crippen LogP) is 5.99. The zero-order valence-electron chi connectivity index (χ0n) is 16.8. The van der Waals surface area contributed by atoms with E-state index < -0.39 is 5.60 Å². The summed E-state index contributed by atoms with van der Waals surface area (Å²) >= 11 is 0. The molecule has 0 radical (unpaired) electrons. The van der Waals surface area contributed by atoms with E-state index in [9.17, 15) is 4.79 Å². The Kier molecular flexibility index (Phi) is 4.77. The normalized spacial score (nSPS) is 29.1. The SMILES string of the molecule is CC(C)c1ccc2c(c1)CCC1C2CCCC1(C)C(=O)OC(C)(C)C. The highest BCUT2D eigenvalue weighted by Crippen LogP contribution is 2.54. The molecule has 3 atom stereocenters. The van der Waals surface area contributed by atoms with Crippen molar-refractivity contribution in [1.82, 2.24) is 0 Å². The van der Waals surface area contributed by atoms with Gasteiger partial charge < -0.3 is 4.74 Å². The minimum atomic E-state index is -0.411. The molecule has 1 fully saturated rings. The van der Waals surface area contributed by atoms with Crippen molar-refractivity contribution < 1.29 is 9.53 Å². The molecule has 0 aromatic heterocycles. The van der Waals surface area contributed by atoms with E-state index in [0.29, 0.717) is 17.8 Å². The molecule has 0 N–H and O–H groups in total. The number of benzene rings is 1. The Morgan fingerprint density at radius 2 is 1.96 bits per heavy atom. The third kappa shape index (κ3) is 3.50. The summed E-state index contributed by atoms with van der Waals surface area (Å²) in [4.78, 5) is 13.0. The first-order valence-electron chi connectivity index (χ1n) is 9.98. The molecule has 0 aliphatic heterocycles. The minimum Gasteiger partial charge on any atom is -0.460 e. The Morgan fingerprint density at radius 3 is 2.60 bits per heavy atom. The summed E-state index contributed by atoms with van der Waals surface area (Å²) in [6.07, 6.45) is 5.48. The van der Waals surface area contributed by atoms with Crippen LogP contribution < -0.4 is 0 Å². The Labute approximate surface area is 153 Å². The summed E-state index contributed by atoms with van der Waals surface area (Å²) < 4.78 is 5.83. The number of fused-ring (bicyclic) bond motifs is 3. The molecule has 138 valence electrons. The number of aryl methyl sites for hydroxylation is 1. The maximum absolute atomic E-state index is 13.0. The number of carbonyl (C=O) groups is 1. The van der Waals surface area contributed by atoms with E-state index in [1.807, 2.05) is 20.8 Å². The van der Waals surface area contributed by atoms with Gasteiger partial charge in [0, 0.05) is 0 Å². The van der Waals surface area contributed by atoms with Crippen molar-refractivity contribution in [2.45, 2.75) is 91.1 Å². The first kappa shape index (κ1) is 18.5. The number of rotatable bonds is 2. The average Bonchev–Trinajstić information content (AvgIpc) is 2.52. The van der Waals surface area contributed by atoms with E-state index >= 15 is 0 Å². The maximum Gasteiger partial charge on any atom is 0.312 e. The summed E-state index contributed by atoms with van der Waals surface area (Å²) in [5, 5.41) is 0. The molecule has 1 aromatic rings. The standard InChI is InChI=1S/C23H34O2/c1-15(2)16-9-11-18-17(14-16)10-12-20-19(18)8-7-13-23(20,6)21(24)25-22(3,4)5/h9,11,14-15,19-20H,7-8,10,12-13H2,1-6H3. The van der Waals surface area contributed by atoms with E-state index in [0.717, 1.165) is 25.7 Å². The molecule has 3 unspecified atom stereocenters. The highest BCUT2D eigenvalue weighted by atomic mass is 16.6. The lowest BCUT2D eigenvalue weighted by Gasteiger charge is -2.48. The van der Waals surface area contributed by atoms with Gasteiger partial charge in [-0.1, -0.05) is 38.5 Å². The van der Waals surface area contributed by atoms with Gasteiger partial charge in [0.05, 0.1) is 5.41 Å². The number of carbonyl (C=O) groups excluding carboxylic acids is 1. The van der Waals surface area contributed by atoms with Crippen molar-refractivity contribution in [3.63, 3.8) is 0 Å². The van der Waals surface area contributed by atoms with Crippen molar-refractivity contribution in [3.05, 3.63) is 34.9 Å². The molecule has 2 heteroatoms. The molecule has 0 saturated heterocycles. The smallest absolute Gasteiger partial charge is 0.312 e. The van der Waals surface area contributed by atoms with Gasteiger partial charge >= 0.3 is 5.97 Å². The van der Waals surface area contributed by atoms with Crippen LogP contribution in [0.1, 0.15) is 95.8 Å². The van der Waals surface area contributed by atoms with Gasteiger partial charge in [-0.15, -0.1) is 0 Å². The van der Waals surface area contributed by atoms with E-state index in [1.165, 1.54) is 23.1 Å². The molecule has 25 heavy (non-hydrogen) atoms. The van der Waals surface area contributed by atoms with Crippen LogP contribution in [0.25, 0.3) is 0 Å². The Morgan fingerprint density at radius 1 is 1.24 bits per heavy atom. The fraction of sp³-hybridized carbons (Fsp3) is 0.696. The first-order chi connectivity index (χ1) is 11.6. The van der Waals surface area contributed by atoms with Crippen LogP contribution in [-0.2, 0) is 16.0 Å². The van der Waals surface area contributed by atoms with E-state index in [-0.39, 0.29) is 11.4 Å². The summed E-state index contributed by atoms with van der Waals surface area (Å²) in [5.41, 5.74) is 3.69. The Bertz CT molecular complexity index is 653. The Hall–Kier alpha value is -1.31. The molecule has 2 aliphatic rings. The van der Waals surface area contributed by atoms with Crippen molar-refractivity contribution >= 4 is 5.97 Å². The predicted molar refractivity (Wildman–Crippen MR) is 103 cm³/mol. The van der Waals surface area contributed by atoms with Crippen molar-refractivity contribution in [1.29, 1.82) is 0 Å². The molecule has 0 amide bonds. The van der Waals surface area contributed by atoms with Gasteiger partial charge in [0.1, 0.15) is 5.60 Å². The summed E-state index contributed by atoms with van der Waals surface area (Å²) in [6, 6.07) is 7.06. The van der Waals surface area contributed by atoms with Crippen LogP contribution >= 0.6 is 0 Å². The molecule has 0 heterocycles. The van der Waals surface area contributed by atoms with E-state index in [4.69, 9.17) is 4.74 Å². The van der Waals surface area contributed by atoms with Gasteiger partial charge in [0.15, 0.2) is 0 Å². The van der Waals surface area contributed by atoms with Gasteiger partial charge in [-0.2, -0.15) is 0 Å². The lowest BCUT2D eigenvalue weighted by molar-refractivity contribution is -0.173. The molecule has 0 spiro atoms. The second kappa shape index (κ2) is 6.45. The lowest BCUT2D eigenvalue weighted by atomic mass is 9.56. The van der Waals surface area contributed by atoms with E-state index in [2.05, 4.69) is 39.0 Å². The van der Waals surface area contributed by atoms with Crippen LogP contribution in [0, 0.1) is 11.3 Å². The van der Waals surface area contributed by atoms with Crippen LogP contribution in [0.2, 0.25) is 0 Å². The molecule has 1 aromatic carbocycles. The largest absolute Gasteiger partial charge is 0.460 e. The average molecular weight is 343 g/mol. The minimum absolute atomic E-state index is 0.0111. The molecule has 0 bridgehead atoms. The fourth-order valence-corrected chi connectivity index (χ4v) is 4.93. The zero-order valence-corrected chi connectivity index (χ0v) is 16.8. The van der Waals surface area contributed by atoms with Gasteiger partial charge in [-0.05, 0) is 87.8 Å². The van der Waals surface area contributed by atoms with Crippen molar-refractivity contribution in [2.24, 2.45) is 11.3 Å². The van der Waals surface area contributed by atoms with Crippen LogP contribution in [0.15, 0.2) is 18.2 Å². The second-order valence-electron chi connectivity index (χ2n) is 9.68. The van der Waals surface area contributed by atoms with Gasteiger partial charge in [0.25, 0.3) is 0 Å². The number of hydrogen-bond acceptors (Lipinski definition) is 2. The van der Waals surface area contributed by atoms with E-state index in [1.54, 1.807) is 0 Å². The number of esters is 1. The number of hydrogen-bond donors (Lipinski definition) is 0. The maximum atomic E-state index is 13.0. The van der Waals surface area contributed by atoms with Crippen molar-refractivity contribution in [3.8, 4) is 0 Å². The lowest BCUT2D eigenvalue weighted by Crippen LogP contribution is -2.46. The highest BCUT2D eigenvalue weighted by molar-refractivity contribution is 5.77. The first-order valence-corrected chi connectivity index (χ1v) is 9.98. The van der Waals surface area contributed by atoms with Crippen LogP contribution in [-0.4, -0.2) is 11.6 Å². The molecule has 1 saturated carbocycles. The monoisotopic (exact) mass is 342 g/mol. The third-order valence-corrected chi connectivity index (χ3v) is 6.34. The molecule has 2 aliphatic carbocycles. The van der Waals surface area contributed by atoms with Crippen LogP contribution in [0.4, 0.5) is 0 Å². The highest BCUT2D eigenvalue weighted by Gasteiger charge is 2.50. The fourth-order valence-electron chi connectivity index (χ4n) is 4.93. The van der Waals surface area contributed by atoms with Gasteiger partial charge in [0.2, 0.25) is 0 Å². The summed E-state index contributed by atoms with van der Waals surface area (Å²) in [5.74, 6) is 1.50. The molecule has 2 nitrogen and oxygen atoms in total. The van der Waals surface area contributed by atoms with Gasteiger partial charge in [-0.25, -0.2) is 0 Å². The quantitative estimate of drug-likeness (QED) is 0.617. The van der Waals surface area contributed by atoms with Crippen LogP contribution in [0.3, 0.4) is 0 Å². The van der Waals surface area contributed by atoms with Crippen molar-refractivity contribution in [2.75, 3.05) is 0 Å². The molecule has 3 rings (SSSR count). The van der Waals surface area contributed by atoms with Gasteiger partial charge in [-0.3, -0.25) is 4.79 Å². The summed E-state index contributed by atoms with van der Waals surface area (Å²) in [7, 11) is 0. The van der Waals surface area contributed by atoms with Crippen LogP contribution in [0.5, 0.6) is 0 Å². The summed E-state index contributed by atoms with van der Waals surface area (Å²) in [6.45, 7) is 12.6. The number of ether oxygens (including phenoxy) is 1. The second-order valence-corrected chi connectivity index (χ2v) is 9.68.